The van der Waals surface area contributed by atoms with Crippen molar-refractivity contribution in [3.05, 3.63) is 0 Å². The van der Waals surface area contributed by atoms with Crippen molar-refractivity contribution < 1.29 is 13.2 Å². The van der Waals surface area contributed by atoms with Gasteiger partial charge in [0, 0.05) is 12.6 Å². The van der Waals surface area contributed by atoms with E-state index in [2.05, 4.69) is 18.7 Å². The largest absolute Gasteiger partial charge is 0.391 e. The lowest BCUT2D eigenvalue weighted by atomic mass is 10.1. The van der Waals surface area contributed by atoms with Crippen LogP contribution in [0.2, 0.25) is 0 Å². The molecule has 16 heavy (non-hydrogen) atoms. The summed E-state index contributed by atoms with van der Waals surface area (Å²) in [5.41, 5.74) is 0. The first kappa shape index (κ1) is 15.8. The predicted octanol–water partition coefficient (Wildman–Crippen LogP) is 3.94. The Morgan fingerprint density at radius 3 is 1.81 bits per heavy atom. The standard InChI is InChI=1S/C12H24F3N/c1-9(2)8-16(10(3)4)7-6-11(5)12(13,14)15/h9-11H,6-8H2,1-5H3. The predicted molar refractivity (Wildman–Crippen MR) is 61.4 cm³/mol. The molecule has 0 aliphatic rings. The maximum Gasteiger partial charge on any atom is 0.391 e. The molecule has 0 radical (unpaired) electrons. The Morgan fingerprint density at radius 1 is 1.00 bits per heavy atom. The van der Waals surface area contributed by atoms with Crippen molar-refractivity contribution in [1.82, 2.24) is 4.90 Å². The number of nitrogens with zero attached hydrogens (tertiary/aromatic N) is 1. The summed E-state index contributed by atoms with van der Waals surface area (Å²) in [5.74, 6) is -0.718. The van der Waals surface area contributed by atoms with Gasteiger partial charge in [-0.05, 0) is 32.7 Å². The van der Waals surface area contributed by atoms with E-state index in [0.29, 0.717) is 18.5 Å². The number of rotatable bonds is 6. The molecule has 0 amide bonds. The van der Waals surface area contributed by atoms with Crippen LogP contribution in [-0.2, 0) is 0 Å². The Morgan fingerprint density at radius 2 is 1.50 bits per heavy atom. The Balaban J connectivity index is 4.12. The topological polar surface area (TPSA) is 3.24 Å². The zero-order valence-corrected chi connectivity index (χ0v) is 10.9. The molecular weight excluding hydrogens is 215 g/mol. The Kier molecular flexibility index (Phi) is 6.38. The highest BCUT2D eigenvalue weighted by Gasteiger charge is 2.35. The summed E-state index contributed by atoms with van der Waals surface area (Å²) in [6.45, 7) is 10.9. The van der Waals surface area contributed by atoms with Gasteiger partial charge in [-0.25, -0.2) is 0 Å². The Labute approximate surface area is 97.0 Å². The SMILES string of the molecule is CC(C)CN(CCC(C)C(F)(F)F)C(C)C. The van der Waals surface area contributed by atoms with Crippen LogP contribution in [0, 0.1) is 11.8 Å². The molecule has 1 unspecified atom stereocenters. The average Bonchev–Trinajstić information content (AvgIpc) is 2.08. The number of hydrogen-bond donors (Lipinski definition) is 0. The van der Waals surface area contributed by atoms with Gasteiger partial charge in [-0.3, -0.25) is 0 Å². The third kappa shape index (κ3) is 6.36. The third-order valence-electron chi connectivity index (χ3n) is 2.74. The van der Waals surface area contributed by atoms with Gasteiger partial charge >= 0.3 is 6.18 Å². The van der Waals surface area contributed by atoms with E-state index in [1.165, 1.54) is 6.92 Å². The third-order valence-corrected chi connectivity index (χ3v) is 2.74. The van der Waals surface area contributed by atoms with Crippen LogP contribution in [-0.4, -0.2) is 30.2 Å². The van der Waals surface area contributed by atoms with E-state index in [4.69, 9.17) is 0 Å². The summed E-state index contributed by atoms with van der Waals surface area (Å²) in [6, 6.07) is 0.308. The summed E-state index contributed by atoms with van der Waals surface area (Å²) >= 11 is 0. The molecule has 0 aliphatic carbocycles. The summed E-state index contributed by atoms with van der Waals surface area (Å²) < 4.78 is 37.0. The highest BCUT2D eigenvalue weighted by Crippen LogP contribution is 2.28. The van der Waals surface area contributed by atoms with Crippen LogP contribution in [0.25, 0.3) is 0 Å². The van der Waals surface area contributed by atoms with E-state index in [9.17, 15) is 13.2 Å². The van der Waals surface area contributed by atoms with Crippen LogP contribution >= 0.6 is 0 Å². The fraction of sp³-hybridized carbons (Fsp3) is 1.00. The molecule has 1 atom stereocenters. The number of alkyl halides is 3. The maximum atomic E-state index is 12.3. The lowest BCUT2D eigenvalue weighted by Crippen LogP contribution is -2.36. The van der Waals surface area contributed by atoms with Crippen molar-refractivity contribution in [3.63, 3.8) is 0 Å². The van der Waals surface area contributed by atoms with E-state index in [1.807, 2.05) is 13.8 Å². The van der Waals surface area contributed by atoms with Gasteiger partial charge < -0.3 is 4.90 Å². The molecule has 0 aromatic rings. The zero-order chi connectivity index (χ0) is 12.9. The van der Waals surface area contributed by atoms with E-state index in [0.717, 1.165) is 6.54 Å². The van der Waals surface area contributed by atoms with E-state index >= 15 is 0 Å². The molecule has 0 saturated carbocycles. The van der Waals surface area contributed by atoms with Crippen LogP contribution in [0.5, 0.6) is 0 Å². The molecule has 0 aromatic heterocycles. The first-order chi connectivity index (χ1) is 7.14. The molecule has 0 heterocycles. The molecule has 98 valence electrons. The van der Waals surface area contributed by atoms with Crippen molar-refractivity contribution in [2.45, 2.75) is 53.3 Å². The van der Waals surface area contributed by atoms with Gasteiger partial charge in [-0.1, -0.05) is 20.8 Å². The van der Waals surface area contributed by atoms with Crippen molar-refractivity contribution in [1.29, 1.82) is 0 Å². The summed E-state index contributed by atoms with van der Waals surface area (Å²) in [4.78, 5) is 2.12. The zero-order valence-electron chi connectivity index (χ0n) is 10.9. The van der Waals surface area contributed by atoms with Gasteiger partial charge in [0.2, 0.25) is 0 Å². The second kappa shape index (κ2) is 6.48. The molecule has 0 rings (SSSR count). The summed E-state index contributed by atoms with van der Waals surface area (Å²) in [7, 11) is 0. The molecular formula is C12H24F3N. The molecule has 0 aliphatic heterocycles. The molecule has 0 N–H and O–H groups in total. The van der Waals surface area contributed by atoms with Crippen LogP contribution in [0.1, 0.15) is 41.0 Å². The van der Waals surface area contributed by atoms with Gasteiger partial charge in [0.05, 0.1) is 5.92 Å². The lowest BCUT2D eigenvalue weighted by Gasteiger charge is -2.29. The highest BCUT2D eigenvalue weighted by atomic mass is 19.4. The average molecular weight is 239 g/mol. The normalized spacial score (nSPS) is 15.2. The number of halogens is 3. The van der Waals surface area contributed by atoms with Crippen molar-refractivity contribution in [2.24, 2.45) is 11.8 Å². The summed E-state index contributed by atoms with van der Waals surface area (Å²) in [6.07, 6.45) is -3.87. The second-order valence-corrected chi connectivity index (χ2v) is 5.21. The molecule has 0 fully saturated rings. The van der Waals surface area contributed by atoms with Crippen molar-refractivity contribution in [3.8, 4) is 0 Å². The molecule has 4 heteroatoms. The molecule has 0 bridgehead atoms. The first-order valence-corrected chi connectivity index (χ1v) is 5.95. The summed E-state index contributed by atoms with van der Waals surface area (Å²) in [5, 5.41) is 0. The second-order valence-electron chi connectivity index (χ2n) is 5.21. The monoisotopic (exact) mass is 239 g/mol. The van der Waals surface area contributed by atoms with E-state index in [-0.39, 0.29) is 6.42 Å². The molecule has 0 saturated heterocycles. The minimum atomic E-state index is -4.06. The minimum Gasteiger partial charge on any atom is -0.301 e. The van der Waals surface area contributed by atoms with Crippen LogP contribution in [0.4, 0.5) is 13.2 Å². The van der Waals surface area contributed by atoms with Gasteiger partial charge in [-0.15, -0.1) is 0 Å². The minimum absolute atomic E-state index is 0.189. The Hall–Kier alpha value is -0.250. The number of hydrogen-bond acceptors (Lipinski definition) is 1. The highest BCUT2D eigenvalue weighted by molar-refractivity contribution is 4.69. The van der Waals surface area contributed by atoms with E-state index in [1.54, 1.807) is 0 Å². The van der Waals surface area contributed by atoms with Gasteiger partial charge in [0.15, 0.2) is 0 Å². The van der Waals surface area contributed by atoms with Crippen LogP contribution in [0.15, 0.2) is 0 Å². The van der Waals surface area contributed by atoms with Crippen molar-refractivity contribution >= 4 is 0 Å². The maximum absolute atomic E-state index is 12.3. The molecule has 1 nitrogen and oxygen atoms in total. The molecule has 0 aromatic carbocycles. The van der Waals surface area contributed by atoms with Crippen LogP contribution in [0.3, 0.4) is 0 Å². The fourth-order valence-corrected chi connectivity index (χ4v) is 1.55. The van der Waals surface area contributed by atoms with Gasteiger partial charge in [0.1, 0.15) is 0 Å². The first-order valence-electron chi connectivity index (χ1n) is 5.95. The van der Waals surface area contributed by atoms with Crippen molar-refractivity contribution in [2.75, 3.05) is 13.1 Å². The van der Waals surface area contributed by atoms with Crippen LogP contribution < -0.4 is 0 Å². The fourth-order valence-electron chi connectivity index (χ4n) is 1.55. The lowest BCUT2D eigenvalue weighted by molar-refractivity contribution is -0.172. The quantitative estimate of drug-likeness (QED) is 0.678. The van der Waals surface area contributed by atoms with Gasteiger partial charge in [-0.2, -0.15) is 13.2 Å². The smallest absolute Gasteiger partial charge is 0.301 e. The van der Waals surface area contributed by atoms with E-state index < -0.39 is 12.1 Å². The van der Waals surface area contributed by atoms with Gasteiger partial charge in [0.25, 0.3) is 0 Å². The molecule has 0 spiro atoms. The Bertz CT molecular complexity index is 187.